The van der Waals surface area contributed by atoms with Gasteiger partial charge in [-0.05, 0) is 98.6 Å². The minimum Gasteiger partial charge on any atom is -0.508 e. The molecule has 2 saturated heterocycles. The molecule has 2 heterocycles. The number of carbonyl (C=O) groups excluding carboxylic acids is 1. The molecule has 5 rings (SSSR count). The van der Waals surface area contributed by atoms with E-state index in [1.807, 2.05) is 0 Å². The lowest BCUT2D eigenvalue weighted by Gasteiger charge is -2.44. The van der Waals surface area contributed by atoms with Crippen molar-refractivity contribution >= 4 is 15.8 Å². The molecule has 3 N–H and O–H groups in total. The minimum absolute atomic E-state index is 0.0370. The van der Waals surface area contributed by atoms with Crippen molar-refractivity contribution in [3.63, 3.8) is 0 Å². The maximum Gasteiger partial charge on any atom is 0.214 e. The van der Waals surface area contributed by atoms with E-state index in [1.54, 1.807) is 43.3 Å². The molecule has 0 spiro atoms. The van der Waals surface area contributed by atoms with Gasteiger partial charge < -0.3 is 15.5 Å². The normalized spacial score (nSPS) is 23.5. The van der Waals surface area contributed by atoms with Crippen LogP contribution in [0.4, 0.5) is 4.39 Å². The number of ketones is 1. The van der Waals surface area contributed by atoms with Crippen LogP contribution in [0.25, 0.3) is 0 Å². The Morgan fingerprint density at radius 3 is 2.67 bits per heavy atom. The molecule has 42 heavy (non-hydrogen) atoms. The van der Waals surface area contributed by atoms with Crippen LogP contribution in [0.1, 0.15) is 64.6 Å². The summed E-state index contributed by atoms with van der Waals surface area (Å²) in [6.07, 6.45) is 3.48. The van der Waals surface area contributed by atoms with Crippen LogP contribution in [-0.4, -0.2) is 60.7 Å². The Bertz CT molecular complexity index is 1520. The molecule has 4 atom stereocenters. The standard InChI is InChI=1S/C33H38FN2O5S/c1-22-26(13-5-14-30(22)34)32-28(27-12-2-3-15-31(27)38)20-36(21-29(32)33(39)24-10-4-11-25(37)18-24)42(40,41)17-7-9-23-8-6-16-35-19-23/h2,4-5,10-15,18,23,28-29,32,35,37-38H,6-9,16-17,19-21H2,1H3/t23?,28-,29+,32-/m1/s1. The summed E-state index contributed by atoms with van der Waals surface area (Å²) in [5.41, 5.74) is 1.69. The Kier molecular flexibility index (Phi) is 9.30. The number of nitrogens with zero attached hydrogens (tertiary/aromatic N) is 1. The summed E-state index contributed by atoms with van der Waals surface area (Å²) in [6, 6.07) is 18.3. The van der Waals surface area contributed by atoms with Gasteiger partial charge in [0.25, 0.3) is 0 Å². The molecular weight excluding hydrogens is 555 g/mol. The molecule has 0 amide bonds. The molecular formula is C33H38FN2O5S. The summed E-state index contributed by atoms with van der Waals surface area (Å²) in [5, 5.41) is 24.4. The van der Waals surface area contributed by atoms with Gasteiger partial charge in [-0.15, -0.1) is 0 Å². The number of phenols is 2. The maximum atomic E-state index is 14.9. The van der Waals surface area contributed by atoms with Crippen LogP contribution >= 0.6 is 0 Å². The van der Waals surface area contributed by atoms with Gasteiger partial charge in [0, 0.05) is 36.4 Å². The fourth-order valence-corrected chi connectivity index (χ4v) is 8.24. The van der Waals surface area contributed by atoms with Crippen LogP contribution in [0.5, 0.6) is 11.5 Å². The van der Waals surface area contributed by atoms with Crippen LogP contribution in [0.3, 0.4) is 0 Å². The highest BCUT2D eigenvalue weighted by molar-refractivity contribution is 7.89. The van der Waals surface area contributed by atoms with Gasteiger partial charge >= 0.3 is 0 Å². The lowest BCUT2D eigenvalue weighted by molar-refractivity contribution is 0.0824. The van der Waals surface area contributed by atoms with E-state index >= 15 is 0 Å². The second kappa shape index (κ2) is 12.9. The van der Waals surface area contributed by atoms with Crippen LogP contribution < -0.4 is 5.32 Å². The zero-order valence-electron chi connectivity index (χ0n) is 23.8. The molecule has 0 saturated carbocycles. The van der Waals surface area contributed by atoms with E-state index in [0.717, 1.165) is 32.4 Å². The second-order valence-corrected chi connectivity index (χ2v) is 13.7. The molecule has 7 nitrogen and oxygen atoms in total. The van der Waals surface area contributed by atoms with Gasteiger partial charge in [-0.1, -0.05) is 36.4 Å². The predicted octanol–water partition coefficient (Wildman–Crippen LogP) is 5.14. The largest absolute Gasteiger partial charge is 0.508 e. The number of nitrogens with one attached hydrogen (secondary N) is 1. The molecule has 9 heteroatoms. The highest BCUT2D eigenvalue weighted by Gasteiger charge is 2.46. The van der Waals surface area contributed by atoms with Crippen molar-refractivity contribution in [2.24, 2.45) is 11.8 Å². The lowest BCUT2D eigenvalue weighted by atomic mass is 9.68. The first-order chi connectivity index (χ1) is 20.2. The first-order valence-electron chi connectivity index (χ1n) is 14.6. The molecule has 0 aliphatic carbocycles. The number of phenolic OH excluding ortho intramolecular Hbond substituents is 2. The maximum absolute atomic E-state index is 14.9. The van der Waals surface area contributed by atoms with Gasteiger partial charge in [-0.2, -0.15) is 0 Å². The number of Topliss-reactive ketones (excluding diaryl/α,β-unsaturated/α-hetero) is 1. The number of halogens is 1. The fraction of sp³-hybridized carbons (Fsp3) is 0.424. The summed E-state index contributed by atoms with van der Waals surface area (Å²) in [7, 11) is -3.77. The summed E-state index contributed by atoms with van der Waals surface area (Å²) in [4.78, 5) is 14.2. The summed E-state index contributed by atoms with van der Waals surface area (Å²) in [5.74, 6) is -2.68. The second-order valence-electron chi connectivity index (χ2n) is 11.6. The fourth-order valence-electron chi connectivity index (χ4n) is 6.68. The topological polar surface area (TPSA) is 107 Å². The van der Waals surface area contributed by atoms with Crippen molar-refractivity contribution in [3.8, 4) is 11.5 Å². The zero-order valence-corrected chi connectivity index (χ0v) is 24.6. The molecule has 2 aliphatic rings. The number of carbonyl (C=O) groups is 1. The monoisotopic (exact) mass is 593 g/mol. The third-order valence-electron chi connectivity index (χ3n) is 8.89. The Balaban J connectivity index is 1.55. The van der Waals surface area contributed by atoms with Gasteiger partial charge in [0.15, 0.2) is 5.78 Å². The summed E-state index contributed by atoms with van der Waals surface area (Å²) < 4.78 is 44.0. The lowest BCUT2D eigenvalue weighted by Crippen LogP contribution is -2.50. The Morgan fingerprint density at radius 1 is 1.12 bits per heavy atom. The molecule has 1 unspecified atom stereocenters. The summed E-state index contributed by atoms with van der Waals surface area (Å²) >= 11 is 0. The van der Waals surface area contributed by atoms with E-state index in [9.17, 15) is 27.8 Å². The van der Waals surface area contributed by atoms with E-state index in [4.69, 9.17) is 0 Å². The zero-order chi connectivity index (χ0) is 29.9. The number of sulfonamides is 1. The Morgan fingerprint density at radius 2 is 1.93 bits per heavy atom. The summed E-state index contributed by atoms with van der Waals surface area (Å²) in [6.45, 7) is 3.49. The molecule has 3 aromatic rings. The molecule has 3 aromatic carbocycles. The predicted molar refractivity (Wildman–Crippen MR) is 160 cm³/mol. The van der Waals surface area contributed by atoms with E-state index < -0.39 is 33.6 Å². The molecule has 0 bridgehead atoms. The van der Waals surface area contributed by atoms with Crippen LogP contribution in [-0.2, 0) is 10.0 Å². The number of hydrogen-bond acceptors (Lipinski definition) is 6. The highest BCUT2D eigenvalue weighted by Crippen LogP contribution is 2.48. The molecule has 2 aliphatic heterocycles. The van der Waals surface area contributed by atoms with Gasteiger partial charge in [-0.25, -0.2) is 17.1 Å². The average molecular weight is 594 g/mol. The average Bonchev–Trinajstić information content (AvgIpc) is 2.98. The van der Waals surface area contributed by atoms with Crippen LogP contribution in [0.2, 0.25) is 0 Å². The van der Waals surface area contributed by atoms with Crippen molar-refractivity contribution in [2.45, 2.75) is 44.4 Å². The van der Waals surface area contributed by atoms with E-state index in [0.29, 0.717) is 29.0 Å². The quantitative estimate of drug-likeness (QED) is 0.297. The minimum atomic E-state index is -3.77. The highest BCUT2D eigenvalue weighted by atomic mass is 32.2. The first kappa shape index (κ1) is 30.2. The third-order valence-corrected chi connectivity index (χ3v) is 10.8. The molecule has 1 radical (unpaired) electrons. The third kappa shape index (κ3) is 6.53. The van der Waals surface area contributed by atoms with Gasteiger partial charge in [0.05, 0.1) is 5.75 Å². The van der Waals surface area contributed by atoms with Crippen LogP contribution in [0, 0.1) is 30.6 Å². The van der Waals surface area contributed by atoms with E-state index in [-0.39, 0.29) is 41.7 Å². The number of aromatic hydroxyl groups is 2. The number of piperidine rings is 2. The van der Waals surface area contributed by atoms with Crippen molar-refractivity contribution in [1.82, 2.24) is 9.62 Å². The van der Waals surface area contributed by atoms with Gasteiger partial charge in [0.1, 0.15) is 17.3 Å². The molecule has 2 fully saturated rings. The molecule has 223 valence electrons. The van der Waals surface area contributed by atoms with Gasteiger partial charge in [0.2, 0.25) is 10.0 Å². The Hall–Kier alpha value is -3.27. The molecule has 0 aromatic heterocycles. The first-order valence-corrected chi connectivity index (χ1v) is 16.2. The van der Waals surface area contributed by atoms with E-state index in [2.05, 4.69) is 11.4 Å². The van der Waals surface area contributed by atoms with Gasteiger partial charge in [-0.3, -0.25) is 4.79 Å². The van der Waals surface area contributed by atoms with Crippen LogP contribution in [0.15, 0.2) is 60.7 Å². The van der Waals surface area contributed by atoms with Crippen molar-refractivity contribution in [2.75, 3.05) is 31.9 Å². The van der Waals surface area contributed by atoms with Crippen molar-refractivity contribution in [3.05, 3.63) is 94.8 Å². The van der Waals surface area contributed by atoms with Crippen molar-refractivity contribution < 1.29 is 27.8 Å². The SMILES string of the molecule is Cc1c(F)cccc1[C@H]1[C@@H](C(=O)c2cccc(O)c2)CN(S(=O)(=O)CCCC2CCCNC2)C[C@@H]1c1cc[c]cc1O. The number of rotatable bonds is 9. The smallest absolute Gasteiger partial charge is 0.214 e. The number of hydrogen-bond donors (Lipinski definition) is 3. The van der Waals surface area contributed by atoms with E-state index in [1.165, 1.54) is 28.6 Å². The number of benzene rings is 3. The Labute approximate surface area is 247 Å². The van der Waals surface area contributed by atoms with Crippen molar-refractivity contribution in [1.29, 1.82) is 0 Å².